The van der Waals surface area contributed by atoms with E-state index < -0.39 is 0 Å². The van der Waals surface area contributed by atoms with Crippen LogP contribution < -0.4 is 0 Å². The quantitative estimate of drug-likeness (QED) is 0.537. The first-order valence-electron chi connectivity index (χ1n) is 7.47. The lowest BCUT2D eigenvalue weighted by molar-refractivity contribution is 0.933. The Balaban J connectivity index is 1.90. The van der Waals surface area contributed by atoms with Gasteiger partial charge >= 0.3 is 0 Å². The van der Waals surface area contributed by atoms with Gasteiger partial charge in [-0.05, 0) is 29.8 Å². The lowest BCUT2D eigenvalue weighted by Crippen LogP contribution is -2.02. The summed E-state index contributed by atoms with van der Waals surface area (Å²) in [4.78, 5) is 4.85. The summed E-state index contributed by atoms with van der Waals surface area (Å²) >= 11 is 0. The Labute approximate surface area is 129 Å². The Morgan fingerprint density at radius 2 is 1.32 bits per heavy atom. The number of hydrogen-bond acceptors (Lipinski definition) is 1. The van der Waals surface area contributed by atoms with E-state index in [-0.39, 0.29) is 0 Å². The fraction of sp³-hybridized carbons (Fsp3) is 0.0500. The molecule has 0 saturated heterocycles. The minimum Gasteiger partial charge on any atom is -0.296 e. The van der Waals surface area contributed by atoms with E-state index in [2.05, 4.69) is 71.3 Å². The molecule has 0 aliphatic rings. The predicted molar refractivity (Wildman–Crippen MR) is 90.3 cm³/mol. The molecule has 4 rings (SSSR count). The van der Waals surface area contributed by atoms with Crippen molar-refractivity contribution >= 4 is 11.0 Å². The molecule has 0 unspecified atom stereocenters. The zero-order valence-corrected chi connectivity index (χ0v) is 12.2. The Morgan fingerprint density at radius 3 is 2.09 bits per heavy atom. The van der Waals surface area contributed by atoms with Gasteiger partial charge in [0.05, 0.1) is 11.0 Å². The number of fused-ring (bicyclic) bond motifs is 1. The average Bonchev–Trinajstić information content (AvgIpc) is 2.94. The van der Waals surface area contributed by atoms with Crippen molar-refractivity contribution in [2.24, 2.45) is 0 Å². The predicted octanol–water partition coefficient (Wildman–Crippen LogP) is 4.62. The van der Waals surface area contributed by atoms with E-state index in [9.17, 15) is 0 Å². The maximum absolute atomic E-state index is 4.85. The van der Waals surface area contributed by atoms with Crippen molar-refractivity contribution in [3.63, 3.8) is 0 Å². The van der Waals surface area contributed by atoms with Crippen LogP contribution in [0.4, 0.5) is 0 Å². The van der Waals surface area contributed by atoms with Crippen LogP contribution in [0.15, 0.2) is 84.9 Å². The monoisotopic (exact) mass is 284 g/mol. The van der Waals surface area contributed by atoms with E-state index in [1.807, 2.05) is 18.2 Å². The second-order valence-corrected chi connectivity index (χ2v) is 5.35. The molecular weight excluding hydrogens is 268 g/mol. The number of imidazole rings is 1. The lowest BCUT2D eigenvalue weighted by atomic mass is 10.1. The third-order valence-corrected chi connectivity index (χ3v) is 3.85. The third kappa shape index (κ3) is 2.29. The second-order valence-electron chi connectivity index (χ2n) is 5.35. The number of aromatic nitrogens is 2. The molecule has 3 aromatic carbocycles. The molecule has 1 heterocycles. The molecule has 106 valence electrons. The molecule has 0 amide bonds. The Morgan fingerprint density at radius 1 is 0.682 bits per heavy atom. The molecular formula is C20H16N2. The van der Waals surface area contributed by atoms with Crippen molar-refractivity contribution in [1.82, 2.24) is 9.55 Å². The normalized spacial score (nSPS) is 10.9. The first kappa shape index (κ1) is 12.8. The van der Waals surface area contributed by atoms with Gasteiger partial charge in [0.15, 0.2) is 0 Å². The molecule has 0 N–H and O–H groups in total. The zero-order chi connectivity index (χ0) is 14.8. The van der Waals surface area contributed by atoms with Crippen molar-refractivity contribution in [3.8, 4) is 5.69 Å². The minimum absolute atomic E-state index is 0.824. The summed E-state index contributed by atoms with van der Waals surface area (Å²) in [6, 6.07) is 29.2. The van der Waals surface area contributed by atoms with Crippen molar-refractivity contribution in [3.05, 3.63) is 96.3 Å². The molecule has 0 fully saturated rings. The fourth-order valence-corrected chi connectivity index (χ4v) is 2.84. The highest BCUT2D eigenvalue weighted by molar-refractivity contribution is 5.78. The van der Waals surface area contributed by atoms with Crippen LogP contribution >= 0.6 is 0 Å². The fourth-order valence-electron chi connectivity index (χ4n) is 2.84. The minimum atomic E-state index is 0.824. The van der Waals surface area contributed by atoms with E-state index in [4.69, 9.17) is 4.98 Å². The maximum Gasteiger partial charge on any atom is 0.118 e. The largest absolute Gasteiger partial charge is 0.296 e. The molecule has 0 aliphatic carbocycles. The van der Waals surface area contributed by atoms with Crippen LogP contribution in [0.3, 0.4) is 0 Å². The van der Waals surface area contributed by atoms with Gasteiger partial charge in [-0.25, -0.2) is 4.98 Å². The summed E-state index contributed by atoms with van der Waals surface area (Å²) in [5, 5.41) is 0. The molecule has 0 saturated carbocycles. The van der Waals surface area contributed by atoms with Crippen LogP contribution in [0.2, 0.25) is 0 Å². The standard InChI is InChI=1S/C20H16N2/c1-3-9-16(10-4-1)15-20-21-18-13-7-8-14-19(18)22(20)17-11-5-2-6-12-17/h1-14H,15H2. The number of rotatable bonds is 3. The van der Waals surface area contributed by atoms with Gasteiger partial charge in [0, 0.05) is 12.1 Å². The van der Waals surface area contributed by atoms with Gasteiger partial charge in [-0.15, -0.1) is 0 Å². The summed E-state index contributed by atoms with van der Waals surface area (Å²) in [7, 11) is 0. The lowest BCUT2D eigenvalue weighted by Gasteiger charge is -2.09. The topological polar surface area (TPSA) is 17.8 Å². The van der Waals surface area contributed by atoms with Gasteiger partial charge in [-0.3, -0.25) is 4.57 Å². The summed E-state index contributed by atoms with van der Waals surface area (Å²) in [6.45, 7) is 0. The van der Waals surface area contributed by atoms with Gasteiger partial charge in [-0.1, -0.05) is 60.7 Å². The third-order valence-electron chi connectivity index (χ3n) is 3.85. The highest BCUT2D eigenvalue weighted by atomic mass is 15.1. The molecule has 0 bridgehead atoms. The molecule has 2 nitrogen and oxygen atoms in total. The molecule has 22 heavy (non-hydrogen) atoms. The average molecular weight is 284 g/mol. The Bertz CT molecular complexity index is 893. The molecule has 0 aliphatic heterocycles. The van der Waals surface area contributed by atoms with E-state index in [1.165, 1.54) is 5.56 Å². The van der Waals surface area contributed by atoms with Gasteiger partial charge in [0.2, 0.25) is 0 Å². The number of benzene rings is 3. The van der Waals surface area contributed by atoms with Gasteiger partial charge in [0.1, 0.15) is 5.82 Å². The van der Waals surface area contributed by atoms with Crippen LogP contribution in [0.5, 0.6) is 0 Å². The van der Waals surface area contributed by atoms with Crippen LogP contribution in [0.1, 0.15) is 11.4 Å². The first-order chi connectivity index (χ1) is 10.9. The smallest absolute Gasteiger partial charge is 0.118 e. The highest BCUT2D eigenvalue weighted by Gasteiger charge is 2.12. The van der Waals surface area contributed by atoms with E-state index in [1.54, 1.807) is 0 Å². The summed E-state index contributed by atoms with van der Waals surface area (Å²) < 4.78 is 2.25. The van der Waals surface area contributed by atoms with Crippen LogP contribution in [-0.4, -0.2) is 9.55 Å². The van der Waals surface area contributed by atoms with E-state index in [0.717, 1.165) is 29.0 Å². The van der Waals surface area contributed by atoms with E-state index >= 15 is 0 Å². The van der Waals surface area contributed by atoms with E-state index in [0.29, 0.717) is 0 Å². The Kier molecular flexibility index (Phi) is 3.20. The van der Waals surface area contributed by atoms with Crippen molar-refractivity contribution in [2.45, 2.75) is 6.42 Å². The molecule has 2 heteroatoms. The van der Waals surface area contributed by atoms with Crippen molar-refractivity contribution < 1.29 is 0 Å². The number of nitrogens with zero attached hydrogens (tertiary/aromatic N) is 2. The zero-order valence-electron chi connectivity index (χ0n) is 12.2. The SMILES string of the molecule is c1ccc(Cc2nc3ccccc3n2-c2ccccc2)cc1. The second kappa shape index (κ2) is 5.49. The Hall–Kier alpha value is -2.87. The molecule has 4 aromatic rings. The number of hydrogen-bond donors (Lipinski definition) is 0. The van der Waals surface area contributed by atoms with Crippen LogP contribution in [-0.2, 0) is 6.42 Å². The van der Waals surface area contributed by atoms with Crippen LogP contribution in [0.25, 0.3) is 16.7 Å². The van der Waals surface area contributed by atoms with Crippen LogP contribution in [0, 0.1) is 0 Å². The molecule has 1 aromatic heterocycles. The molecule has 0 radical (unpaired) electrons. The first-order valence-corrected chi connectivity index (χ1v) is 7.47. The maximum atomic E-state index is 4.85. The molecule has 0 atom stereocenters. The van der Waals surface area contributed by atoms with Gasteiger partial charge in [-0.2, -0.15) is 0 Å². The highest BCUT2D eigenvalue weighted by Crippen LogP contribution is 2.23. The summed E-state index contributed by atoms with van der Waals surface area (Å²) in [6.07, 6.45) is 0.824. The van der Waals surface area contributed by atoms with Gasteiger partial charge < -0.3 is 0 Å². The summed E-state index contributed by atoms with van der Waals surface area (Å²) in [5.74, 6) is 1.07. The van der Waals surface area contributed by atoms with Crippen molar-refractivity contribution in [2.75, 3.05) is 0 Å². The van der Waals surface area contributed by atoms with Gasteiger partial charge in [0.25, 0.3) is 0 Å². The number of para-hydroxylation sites is 3. The van der Waals surface area contributed by atoms with Crippen molar-refractivity contribution in [1.29, 1.82) is 0 Å². The molecule has 0 spiro atoms. The summed E-state index contributed by atoms with van der Waals surface area (Å²) in [5.41, 5.74) is 4.62.